The van der Waals surface area contributed by atoms with E-state index in [1.807, 2.05) is 35.2 Å². The number of likely N-dealkylation sites (tertiary alicyclic amines) is 2. The summed E-state index contributed by atoms with van der Waals surface area (Å²) < 4.78 is 0. The van der Waals surface area contributed by atoms with E-state index in [1.54, 1.807) is 18.2 Å². The Hall–Kier alpha value is -5.45. The molecular formula is C46H49ClN8O5. The van der Waals surface area contributed by atoms with Gasteiger partial charge in [0.2, 0.25) is 17.5 Å². The third kappa shape index (κ3) is 6.87. The van der Waals surface area contributed by atoms with Crippen LogP contribution in [0.25, 0.3) is 4.85 Å². The highest BCUT2D eigenvalue weighted by Gasteiger charge is 2.46. The van der Waals surface area contributed by atoms with Crippen molar-refractivity contribution in [3.63, 3.8) is 0 Å². The first-order chi connectivity index (χ1) is 29.1. The number of amides is 5. The van der Waals surface area contributed by atoms with Gasteiger partial charge in [0.25, 0.3) is 17.7 Å². The SMILES string of the molecule is [C-]#[N+]c1ccc(N2CCC3(CCN(C(=O)c4ccc(N5CC6CN(C7CCN(c8ccc9c(c8)C(=O)N(C8CCC(=O)NC8=O)C9=O)CC7)CC6C5)cc4)CC3)C2)cc1Cl. The Balaban J connectivity index is 0.684. The van der Waals surface area contributed by atoms with Gasteiger partial charge in [-0.25, -0.2) is 4.85 Å². The lowest BCUT2D eigenvalue weighted by Gasteiger charge is -2.39. The number of fused-ring (bicyclic) bond motifs is 2. The van der Waals surface area contributed by atoms with Gasteiger partial charge in [0.05, 0.1) is 17.7 Å². The molecule has 60 heavy (non-hydrogen) atoms. The van der Waals surface area contributed by atoms with Gasteiger partial charge < -0.3 is 19.6 Å². The van der Waals surface area contributed by atoms with E-state index in [0.717, 1.165) is 119 Å². The van der Waals surface area contributed by atoms with Crippen LogP contribution in [0.1, 0.15) is 76.0 Å². The normalized spacial score (nSPS) is 25.6. The first kappa shape index (κ1) is 38.7. The average molecular weight is 829 g/mol. The smallest absolute Gasteiger partial charge is 0.262 e. The van der Waals surface area contributed by atoms with Crippen molar-refractivity contribution in [1.82, 2.24) is 20.0 Å². The van der Waals surface area contributed by atoms with Crippen molar-refractivity contribution in [3.8, 4) is 0 Å². The van der Waals surface area contributed by atoms with Gasteiger partial charge in [0, 0.05) is 106 Å². The second-order valence-electron chi connectivity index (χ2n) is 18.0. The summed E-state index contributed by atoms with van der Waals surface area (Å²) in [5.74, 6) is -0.597. The Kier molecular flexibility index (Phi) is 9.83. The molecular weight excluding hydrogens is 780 g/mol. The number of rotatable bonds is 6. The fourth-order valence-electron chi connectivity index (χ4n) is 11.2. The van der Waals surface area contributed by atoms with Crippen LogP contribution in [0.15, 0.2) is 60.7 Å². The van der Waals surface area contributed by atoms with E-state index in [2.05, 4.69) is 41.9 Å². The summed E-state index contributed by atoms with van der Waals surface area (Å²) in [5, 5.41) is 2.76. The predicted molar refractivity (Wildman–Crippen MR) is 228 cm³/mol. The first-order valence-electron chi connectivity index (χ1n) is 21.5. The van der Waals surface area contributed by atoms with E-state index >= 15 is 0 Å². The largest absolute Gasteiger partial charge is 0.371 e. The highest BCUT2D eigenvalue weighted by atomic mass is 35.5. The monoisotopic (exact) mass is 828 g/mol. The number of carbonyl (C=O) groups is 5. The molecule has 3 aromatic rings. The maximum Gasteiger partial charge on any atom is 0.262 e. The number of anilines is 3. The van der Waals surface area contributed by atoms with Crippen LogP contribution in [0.4, 0.5) is 22.7 Å². The highest BCUT2D eigenvalue weighted by Crippen LogP contribution is 2.44. The number of benzene rings is 3. The van der Waals surface area contributed by atoms with Gasteiger partial charge in [-0.05, 0) is 110 Å². The molecule has 1 N–H and O–H groups in total. The van der Waals surface area contributed by atoms with Crippen molar-refractivity contribution in [3.05, 3.63) is 93.8 Å². The summed E-state index contributed by atoms with van der Waals surface area (Å²) in [6, 6.07) is 18.9. The maximum absolute atomic E-state index is 13.6. The minimum atomic E-state index is -0.965. The van der Waals surface area contributed by atoms with Gasteiger partial charge in [-0.2, -0.15) is 0 Å². The Labute approximate surface area is 355 Å². The van der Waals surface area contributed by atoms with Gasteiger partial charge in [-0.15, -0.1) is 0 Å². The van der Waals surface area contributed by atoms with E-state index in [9.17, 15) is 24.0 Å². The second kappa shape index (κ2) is 15.2. The summed E-state index contributed by atoms with van der Waals surface area (Å²) in [6.07, 6.45) is 5.37. The number of hydrogen-bond donors (Lipinski definition) is 1. The van der Waals surface area contributed by atoms with Crippen molar-refractivity contribution < 1.29 is 24.0 Å². The number of hydrogen-bond acceptors (Lipinski definition) is 9. The molecule has 310 valence electrons. The van der Waals surface area contributed by atoms with E-state index in [0.29, 0.717) is 39.7 Å². The molecule has 0 aliphatic carbocycles. The summed E-state index contributed by atoms with van der Waals surface area (Å²) in [7, 11) is 0. The highest BCUT2D eigenvalue weighted by molar-refractivity contribution is 6.33. The number of imide groups is 2. The van der Waals surface area contributed by atoms with Crippen molar-refractivity contribution >= 4 is 63.9 Å². The molecule has 10 rings (SSSR count). The van der Waals surface area contributed by atoms with Crippen molar-refractivity contribution in [2.75, 3.05) is 80.1 Å². The lowest BCUT2D eigenvalue weighted by molar-refractivity contribution is -0.136. The molecule has 0 bridgehead atoms. The van der Waals surface area contributed by atoms with Crippen LogP contribution in [0, 0.1) is 23.8 Å². The van der Waals surface area contributed by atoms with Crippen LogP contribution in [0.2, 0.25) is 5.02 Å². The Morgan fingerprint density at radius 2 is 1.37 bits per heavy atom. The quantitative estimate of drug-likeness (QED) is 0.255. The molecule has 14 heteroatoms. The molecule has 3 aromatic carbocycles. The minimum absolute atomic E-state index is 0.0985. The summed E-state index contributed by atoms with van der Waals surface area (Å²) in [6.45, 7) is 16.7. The topological polar surface area (TPSA) is 121 Å². The fraction of sp³-hybridized carbons (Fsp3) is 0.478. The fourth-order valence-corrected chi connectivity index (χ4v) is 11.4. The minimum Gasteiger partial charge on any atom is -0.371 e. The molecule has 3 unspecified atom stereocenters. The second-order valence-corrected chi connectivity index (χ2v) is 18.4. The molecule has 5 amide bonds. The molecule has 0 aromatic heterocycles. The number of nitrogens with zero attached hydrogens (tertiary/aromatic N) is 7. The Bertz CT molecular complexity index is 2300. The van der Waals surface area contributed by atoms with Gasteiger partial charge in [-0.3, -0.25) is 39.1 Å². The zero-order valence-electron chi connectivity index (χ0n) is 33.7. The molecule has 3 atom stereocenters. The Morgan fingerprint density at radius 3 is 2.05 bits per heavy atom. The van der Waals surface area contributed by atoms with Gasteiger partial charge in [-0.1, -0.05) is 17.7 Å². The number of piperidine rings is 3. The van der Waals surface area contributed by atoms with E-state index in [-0.39, 0.29) is 30.1 Å². The van der Waals surface area contributed by atoms with Crippen LogP contribution in [-0.2, 0) is 9.59 Å². The van der Waals surface area contributed by atoms with Crippen LogP contribution in [0.5, 0.6) is 0 Å². The van der Waals surface area contributed by atoms with E-state index in [1.165, 1.54) is 5.69 Å². The molecule has 1 spiro atoms. The van der Waals surface area contributed by atoms with Crippen molar-refractivity contribution in [2.45, 2.75) is 57.0 Å². The molecule has 6 saturated heterocycles. The van der Waals surface area contributed by atoms with Crippen LogP contribution >= 0.6 is 11.6 Å². The molecule has 7 aliphatic rings. The predicted octanol–water partition coefficient (Wildman–Crippen LogP) is 5.46. The number of nitrogens with one attached hydrogen (secondary N) is 1. The van der Waals surface area contributed by atoms with Crippen LogP contribution in [-0.4, -0.2) is 122 Å². The van der Waals surface area contributed by atoms with Crippen LogP contribution < -0.4 is 20.0 Å². The Morgan fingerprint density at radius 1 is 0.717 bits per heavy atom. The summed E-state index contributed by atoms with van der Waals surface area (Å²) in [5.41, 5.74) is 5.23. The molecule has 0 radical (unpaired) electrons. The van der Waals surface area contributed by atoms with E-state index in [4.69, 9.17) is 18.2 Å². The standard InChI is InChI=1S/C46H49ClN8O5/c1-48-39-9-7-35(23-38(39)47)52-21-16-46(28-52)14-19-51(20-15-46)43(58)29-2-4-32(5-3-29)53-24-30-26-54(27-31(30)25-53)33-12-17-50(18-13-33)34-6-8-36-37(22-34)45(60)55(44(36)59)40-10-11-41(56)49-42(40)57/h2-9,22-23,30-31,33,40H,10-21,24-28H2,(H,49,56,57). The summed E-state index contributed by atoms with van der Waals surface area (Å²) in [4.78, 5) is 80.7. The zero-order valence-corrected chi connectivity index (χ0v) is 34.4. The first-order valence-corrected chi connectivity index (χ1v) is 21.9. The van der Waals surface area contributed by atoms with Crippen molar-refractivity contribution in [1.29, 1.82) is 0 Å². The van der Waals surface area contributed by atoms with E-state index < -0.39 is 23.8 Å². The zero-order chi connectivity index (χ0) is 41.3. The number of carbonyl (C=O) groups excluding carboxylic acids is 5. The molecule has 7 heterocycles. The van der Waals surface area contributed by atoms with Gasteiger partial charge in [0.1, 0.15) is 6.04 Å². The third-order valence-corrected chi connectivity index (χ3v) is 15.0. The number of halogens is 1. The lowest BCUT2D eigenvalue weighted by Crippen LogP contribution is -2.54. The molecule has 13 nitrogen and oxygen atoms in total. The third-order valence-electron chi connectivity index (χ3n) is 14.7. The van der Waals surface area contributed by atoms with Crippen LogP contribution in [0.3, 0.4) is 0 Å². The molecule has 7 aliphatic heterocycles. The average Bonchev–Trinajstić information content (AvgIpc) is 4.03. The molecule has 6 fully saturated rings. The van der Waals surface area contributed by atoms with Gasteiger partial charge in [0.15, 0.2) is 0 Å². The maximum atomic E-state index is 13.6. The van der Waals surface area contributed by atoms with Crippen molar-refractivity contribution in [2.24, 2.45) is 17.3 Å². The van der Waals surface area contributed by atoms with Gasteiger partial charge >= 0.3 is 0 Å². The summed E-state index contributed by atoms with van der Waals surface area (Å²) >= 11 is 6.34. The lowest BCUT2D eigenvalue weighted by atomic mass is 9.77. The molecule has 0 saturated carbocycles.